The number of nitrogens with two attached hydrogens (primary N) is 1. The highest BCUT2D eigenvalue weighted by atomic mass is 19.1. The van der Waals surface area contributed by atoms with Crippen LogP contribution in [0.5, 0.6) is 0 Å². The Morgan fingerprint density at radius 3 is 2.71 bits per heavy atom. The minimum atomic E-state index is -0.522. The highest BCUT2D eigenvalue weighted by Gasteiger charge is 2.33. The van der Waals surface area contributed by atoms with Gasteiger partial charge in [0.1, 0.15) is 5.82 Å². The van der Waals surface area contributed by atoms with Gasteiger partial charge in [0.15, 0.2) is 0 Å². The van der Waals surface area contributed by atoms with Gasteiger partial charge in [-0.25, -0.2) is 4.39 Å². The second-order valence-electron chi connectivity index (χ2n) is 4.44. The predicted molar refractivity (Wildman–Crippen MR) is 66.0 cm³/mol. The van der Waals surface area contributed by atoms with Crippen molar-refractivity contribution in [3.8, 4) is 0 Å². The zero-order chi connectivity index (χ0) is 12.9. The molecule has 0 spiro atoms. The first-order valence-corrected chi connectivity index (χ1v) is 5.94. The summed E-state index contributed by atoms with van der Waals surface area (Å²) >= 11 is 0. The van der Waals surface area contributed by atoms with Gasteiger partial charge in [0.25, 0.3) is 0 Å². The third-order valence-corrected chi connectivity index (χ3v) is 3.42. The van der Waals surface area contributed by atoms with Crippen LogP contribution in [0.4, 0.5) is 4.39 Å². The molecular weight excluding hydrogens is 219 g/mol. The van der Waals surface area contributed by atoms with Crippen molar-refractivity contribution in [3.63, 3.8) is 0 Å². The van der Waals surface area contributed by atoms with Crippen molar-refractivity contribution in [1.29, 1.82) is 0 Å². The lowest BCUT2D eigenvalue weighted by atomic mass is 9.79. The van der Waals surface area contributed by atoms with Crippen molar-refractivity contribution >= 4 is 0 Å². The summed E-state index contributed by atoms with van der Waals surface area (Å²) in [5, 5.41) is 0. The van der Waals surface area contributed by atoms with Crippen LogP contribution < -0.4 is 5.73 Å². The molecule has 0 aliphatic carbocycles. The van der Waals surface area contributed by atoms with Crippen molar-refractivity contribution < 1.29 is 9.13 Å². The minimum absolute atomic E-state index is 0.227. The Labute approximate surface area is 102 Å². The first kappa shape index (κ1) is 14.1. The lowest BCUT2D eigenvalue weighted by Crippen LogP contribution is -2.43. The molecule has 0 aromatic carbocycles. The van der Waals surface area contributed by atoms with Crippen LogP contribution in [-0.4, -0.2) is 18.7 Å². The van der Waals surface area contributed by atoms with Crippen LogP contribution in [0.1, 0.15) is 32.4 Å². The molecule has 0 fully saturated rings. The Balaban J connectivity index is 2.90. The van der Waals surface area contributed by atoms with Gasteiger partial charge >= 0.3 is 0 Å². The fourth-order valence-electron chi connectivity index (χ4n) is 1.99. The van der Waals surface area contributed by atoms with Crippen LogP contribution in [0.25, 0.3) is 0 Å². The third-order valence-electron chi connectivity index (χ3n) is 3.42. The van der Waals surface area contributed by atoms with Crippen molar-refractivity contribution in [2.24, 2.45) is 11.7 Å². The normalized spacial score (nSPS) is 16.5. The number of ether oxygens (including phenoxy) is 1. The average molecular weight is 240 g/mol. The number of hydrogen-bond acceptors (Lipinski definition) is 3. The van der Waals surface area contributed by atoms with Gasteiger partial charge in [0.05, 0.1) is 17.4 Å². The van der Waals surface area contributed by atoms with Gasteiger partial charge < -0.3 is 10.5 Å². The maximum absolute atomic E-state index is 12.9. The third kappa shape index (κ3) is 3.23. The fraction of sp³-hybridized carbons (Fsp3) is 0.615. The lowest BCUT2D eigenvalue weighted by Gasteiger charge is -2.34. The van der Waals surface area contributed by atoms with Gasteiger partial charge in [-0.1, -0.05) is 13.8 Å². The van der Waals surface area contributed by atoms with Crippen molar-refractivity contribution in [3.05, 3.63) is 29.8 Å². The summed E-state index contributed by atoms with van der Waals surface area (Å²) in [5.41, 5.74) is 6.63. The van der Waals surface area contributed by atoms with Gasteiger partial charge in [0, 0.05) is 13.7 Å². The molecule has 1 aromatic heterocycles. The van der Waals surface area contributed by atoms with Crippen molar-refractivity contribution in [2.45, 2.75) is 32.2 Å². The van der Waals surface area contributed by atoms with E-state index in [2.05, 4.69) is 11.9 Å². The lowest BCUT2D eigenvalue weighted by molar-refractivity contribution is 0.151. The fourth-order valence-corrected chi connectivity index (χ4v) is 1.99. The van der Waals surface area contributed by atoms with E-state index in [1.165, 1.54) is 12.3 Å². The molecule has 0 bridgehead atoms. The Bertz CT molecular complexity index is 342. The summed E-state index contributed by atoms with van der Waals surface area (Å²) in [6.45, 7) is 4.77. The quantitative estimate of drug-likeness (QED) is 0.831. The topological polar surface area (TPSA) is 48.1 Å². The van der Waals surface area contributed by atoms with Crippen LogP contribution >= 0.6 is 0 Å². The monoisotopic (exact) mass is 240 g/mol. The molecule has 2 unspecified atom stereocenters. The first-order chi connectivity index (χ1) is 8.04. The standard InChI is InChI=1S/C13H21FN2O/c1-4-13(15,10(2)7-8-17-3)12-6-5-11(14)9-16-12/h5-6,9-10H,4,7-8,15H2,1-3H3. The van der Waals surface area contributed by atoms with E-state index in [-0.39, 0.29) is 11.7 Å². The Hall–Kier alpha value is -1.00. The van der Waals surface area contributed by atoms with Gasteiger partial charge in [0.2, 0.25) is 0 Å². The number of rotatable bonds is 6. The summed E-state index contributed by atoms with van der Waals surface area (Å²) in [4.78, 5) is 4.11. The number of methoxy groups -OCH3 is 1. The molecule has 4 heteroatoms. The van der Waals surface area contributed by atoms with E-state index in [0.717, 1.165) is 18.5 Å². The smallest absolute Gasteiger partial charge is 0.141 e. The molecule has 0 radical (unpaired) electrons. The van der Waals surface area contributed by atoms with E-state index in [9.17, 15) is 4.39 Å². The van der Waals surface area contributed by atoms with Crippen molar-refractivity contribution in [2.75, 3.05) is 13.7 Å². The van der Waals surface area contributed by atoms with Crippen LogP contribution in [0.2, 0.25) is 0 Å². The Kier molecular flexibility index (Phi) is 5.02. The molecular formula is C13H21FN2O. The van der Waals surface area contributed by atoms with E-state index in [0.29, 0.717) is 6.61 Å². The molecule has 0 aliphatic rings. The molecule has 1 rings (SSSR count). The summed E-state index contributed by atoms with van der Waals surface area (Å²) in [7, 11) is 1.67. The SMILES string of the molecule is CCC(N)(c1ccc(F)cn1)C(C)CCOC. The molecule has 1 heterocycles. The van der Waals surface area contributed by atoms with Gasteiger partial charge in [-0.3, -0.25) is 4.98 Å². The molecule has 17 heavy (non-hydrogen) atoms. The summed E-state index contributed by atoms with van der Waals surface area (Å²) in [5.74, 6) is -0.109. The van der Waals surface area contributed by atoms with E-state index >= 15 is 0 Å². The second-order valence-corrected chi connectivity index (χ2v) is 4.44. The molecule has 1 aromatic rings. The highest BCUT2D eigenvalue weighted by Crippen LogP contribution is 2.31. The molecule has 2 N–H and O–H groups in total. The molecule has 2 atom stereocenters. The largest absolute Gasteiger partial charge is 0.385 e. The number of pyridine rings is 1. The van der Waals surface area contributed by atoms with E-state index in [1.54, 1.807) is 13.2 Å². The van der Waals surface area contributed by atoms with Crippen LogP contribution in [0.15, 0.2) is 18.3 Å². The van der Waals surface area contributed by atoms with Crippen LogP contribution in [-0.2, 0) is 10.3 Å². The van der Waals surface area contributed by atoms with E-state index in [1.807, 2.05) is 6.92 Å². The molecule has 0 aliphatic heterocycles. The molecule has 0 saturated heterocycles. The van der Waals surface area contributed by atoms with E-state index < -0.39 is 5.54 Å². The van der Waals surface area contributed by atoms with E-state index in [4.69, 9.17) is 10.5 Å². The Morgan fingerprint density at radius 1 is 1.53 bits per heavy atom. The van der Waals surface area contributed by atoms with Crippen molar-refractivity contribution in [1.82, 2.24) is 4.98 Å². The molecule has 0 saturated carbocycles. The maximum Gasteiger partial charge on any atom is 0.141 e. The maximum atomic E-state index is 12.9. The minimum Gasteiger partial charge on any atom is -0.385 e. The van der Waals surface area contributed by atoms with Crippen LogP contribution in [0.3, 0.4) is 0 Å². The predicted octanol–water partition coefficient (Wildman–Crippen LogP) is 2.46. The molecule has 3 nitrogen and oxygen atoms in total. The van der Waals surface area contributed by atoms with Gasteiger partial charge in [-0.2, -0.15) is 0 Å². The summed E-state index contributed by atoms with van der Waals surface area (Å²) < 4.78 is 17.9. The zero-order valence-electron chi connectivity index (χ0n) is 10.7. The average Bonchev–Trinajstić information content (AvgIpc) is 2.35. The summed E-state index contributed by atoms with van der Waals surface area (Å²) in [6, 6.07) is 3.07. The highest BCUT2D eigenvalue weighted by molar-refractivity contribution is 5.16. The Morgan fingerprint density at radius 2 is 2.24 bits per heavy atom. The van der Waals surface area contributed by atoms with Crippen LogP contribution in [0, 0.1) is 11.7 Å². The number of nitrogens with zero attached hydrogens (tertiary/aromatic N) is 1. The molecule has 0 amide bonds. The van der Waals surface area contributed by atoms with Gasteiger partial charge in [-0.15, -0.1) is 0 Å². The molecule has 96 valence electrons. The first-order valence-electron chi connectivity index (χ1n) is 5.94. The summed E-state index contributed by atoms with van der Waals surface area (Å²) in [6.07, 6.45) is 2.84. The second kappa shape index (κ2) is 6.07. The number of halogens is 1. The number of aromatic nitrogens is 1. The van der Waals surface area contributed by atoms with Gasteiger partial charge in [-0.05, 0) is 30.9 Å². The number of hydrogen-bond donors (Lipinski definition) is 1. The zero-order valence-corrected chi connectivity index (χ0v) is 10.7.